The summed E-state index contributed by atoms with van der Waals surface area (Å²) in [6, 6.07) is 15.4. The first-order valence-electron chi connectivity index (χ1n) is 8.13. The number of hydrogen-bond acceptors (Lipinski definition) is 4. The van der Waals surface area contributed by atoms with Crippen LogP contribution < -0.4 is 10.6 Å². The first kappa shape index (κ1) is 18.9. The van der Waals surface area contributed by atoms with E-state index in [0.717, 1.165) is 0 Å². The van der Waals surface area contributed by atoms with Crippen LogP contribution in [0.5, 0.6) is 0 Å². The molecule has 0 aliphatic heterocycles. The average molecular weight is 352 g/mol. The average Bonchev–Trinajstić information content (AvgIpc) is 2.67. The molecule has 0 atom stereocenters. The number of hydrogen-bond donors (Lipinski definition) is 3. The summed E-state index contributed by atoms with van der Waals surface area (Å²) in [6.07, 6.45) is 0.509. The monoisotopic (exact) mass is 352 g/mol. The molecule has 6 nitrogen and oxygen atoms in total. The van der Waals surface area contributed by atoms with E-state index in [0.29, 0.717) is 36.2 Å². The van der Waals surface area contributed by atoms with Gasteiger partial charge in [0.15, 0.2) is 11.5 Å². The largest absolute Gasteiger partial charge is 0.503 e. The highest BCUT2D eigenvalue weighted by molar-refractivity contribution is 6.09. The highest BCUT2D eigenvalue weighted by Gasteiger charge is 2.10. The Labute approximate surface area is 151 Å². The Morgan fingerprint density at radius 2 is 1.35 bits per heavy atom. The number of aliphatic hydroxyl groups excluding tert-OH is 1. The summed E-state index contributed by atoms with van der Waals surface area (Å²) >= 11 is 0. The molecule has 0 fully saturated rings. The van der Waals surface area contributed by atoms with Gasteiger partial charge in [0.25, 0.3) is 11.8 Å². The fraction of sp³-hybridized carbons (Fsp3) is 0.150. The number of ketones is 1. The maximum Gasteiger partial charge on any atom is 0.285 e. The number of rotatable bonds is 8. The van der Waals surface area contributed by atoms with E-state index < -0.39 is 11.7 Å². The smallest absolute Gasteiger partial charge is 0.285 e. The Morgan fingerprint density at radius 3 is 1.96 bits per heavy atom. The molecule has 2 rings (SSSR count). The molecular weight excluding hydrogens is 332 g/mol. The molecule has 0 radical (unpaired) electrons. The molecule has 26 heavy (non-hydrogen) atoms. The maximum absolute atomic E-state index is 12.3. The van der Waals surface area contributed by atoms with Crippen molar-refractivity contribution < 1.29 is 19.5 Å². The third kappa shape index (κ3) is 5.31. The van der Waals surface area contributed by atoms with E-state index in [9.17, 15) is 14.4 Å². The lowest BCUT2D eigenvalue weighted by atomic mass is 10.0. The van der Waals surface area contributed by atoms with Crippen LogP contribution in [0.3, 0.4) is 0 Å². The minimum Gasteiger partial charge on any atom is -0.503 e. The van der Waals surface area contributed by atoms with Gasteiger partial charge in [0.1, 0.15) is 0 Å². The molecular formula is C20H20N2O4. The first-order valence-corrected chi connectivity index (χ1v) is 8.13. The molecule has 6 heteroatoms. The second-order valence-corrected chi connectivity index (χ2v) is 5.58. The van der Waals surface area contributed by atoms with Gasteiger partial charge in [-0.1, -0.05) is 49.0 Å². The van der Waals surface area contributed by atoms with Crippen molar-refractivity contribution in [3.05, 3.63) is 83.6 Å². The van der Waals surface area contributed by atoms with Crippen molar-refractivity contribution in [2.75, 3.05) is 13.1 Å². The van der Waals surface area contributed by atoms with E-state index in [1.807, 2.05) is 6.07 Å². The fourth-order valence-electron chi connectivity index (χ4n) is 2.23. The Balaban J connectivity index is 1.82. The normalized spacial score (nSPS) is 10.0. The number of amides is 2. The van der Waals surface area contributed by atoms with E-state index >= 15 is 0 Å². The molecule has 0 aromatic heterocycles. The third-order valence-electron chi connectivity index (χ3n) is 3.63. The van der Waals surface area contributed by atoms with Crippen molar-refractivity contribution in [3.8, 4) is 0 Å². The highest BCUT2D eigenvalue weighted by Crippen LogP contribution is 2.11. The van der Waals surface area contributed by atoms with Crippen molar-refractivity contribution in [1.82, 2.24) is 10.6 Å². The number of aliphatic hydroxyl groups is 1. The van der Waals surface area contributed by atoms with Gasteiger partial charge in [0, 0.05) is 29.8 Å². The topological polar surface area (TPSA) is 95.5 Å². The zero-order chi connectivity index (χ0) is 18.9. The van der Waals surface area contributed by atoms with Crippen molar-refractivity contribution in [3.63, 3.8) is 0 Å². The van der Waals surface area contributed by atoms with Crippen LogP contribution in [0.2, 0.25) is 0 Å². The molecule has 0 spiro atoms. The van der Waals surface area contributed by atoms with Crippen LogP contribution in [0.15, 0.2) is 66.9 Å². The molecule has 3 N–H and O–H groups in total. The molecule has 2 aromatic rings. The lowest BCUT2D eigenvalue weighted by Crippen LogP contribution is -2.30. The Bertz CT molecular complexity index is 798. The number of carbonyl (C=O) groups excluding carboxylic acids is 3. The third-order valence-corrected chi connectivity index (χ3v) is 3.63. The molecule has 0 saturated heterocycles. The predicted octanol–water partition coefficient (Wildman–Crippen LogP) is 2.23. The van der Waals surface area contributed by atoms with Crippen LogP contribution in [0.25, 0.3) is 0 Å². The molecule has 2 amide bonds. The zero-order valence-electron chi connectivity index (χ0n) is 14.2. The van der Waals surface area contributed by atoms with E-state index in [4.69, 9.17) is 5.11 Å². The quantitative estimate of drug-likeness (QED) is 0.294. The summed E-state index contributed by atoms with van der Waals surface area (Å²) in [6.45, 7) is 3.78. The Morgan fingerprint density at radius 1 is 0.808 bits per heavy atom. The van der Waals surface area contributed by atoms with Gasteiger partial charge >= 0.3 is 0 Å². The molecule has 2 aromatic carbocycles. The van der Waals surface area contributed by atoms with Crippen molar-refractivity contribution in [2.24, 2.45) is 0 Å². The minimum atomic E-state index is -0.630. The van der Waals surface area contributed by atoms with Gasteiger partial charge in [-0.3, -0.25) is 14.4 Å². The Kier molecular flexibility index (Phi) is 6.68. The molecule has 0 bridgehead atoms. The van der Waals surface area contributed by atoms with E-state index in [2.05, 4.69) is 17.2 Å². The molecule has 0 unspecified atom stereocenters. The van der Waals surface area contributed by atoms with E-state index in [1.165, 1.54) is 0 Å². The number of benzene rings is 2. The lowest BCUT2D eigenvalue weighted by molar-refractivity contribution is -0.119. The SMILES string of the molecule is C=C(O)C(=O)NCCCNC(=O)c1ccc(C(=O)c2ccccc2)cc1. The predicted molar refractivity (Wildman–Crippen MR) is 98.0 cm³/mol. The zero-order valence-corrected chi connectivity index (χ0v) is 14.2. The first-order chi connectivity index (χ1) is 12.5. The van der Waals surface area contributed by atoms with Crippen molar-refractivity contribution in [1.29, 1.82) is 0 Å². The van der Waals surface area contributed by atoms with Crippen molar-refractivity contribution >= 4 is 17.6 Å². The summed E-state index contributed by atoms with van der Waals surface area (Å²) in [5.41, 5.74) is 1.55. The van der Waals surface area contributed by atoms with Gasteiger partial charge in [-0.25, -0.2) is 0 Å². The summed E-state index contributed by atoms with van der Waals surface area (Å²) in [5, 5.41) is 14.0. The van der Waals surface area contributed by atoms with Crippen LogP contribution in [-0.2, 0) is 4.79 Å². The Hall–Kier alpha value is -3.41. The van der Waals surface area contributed by atoms with Crippen LogP contribution in [-0.4, -0.2) is 35.8 Å². The van der Waals surface area contributed by atoms with E-state index in [1.54, 1.807) is 48.5 Å². The van der Waals surface area contributed by atoms with Gasteiger partial charge in [-0.15, -0.1) is 0 Å². The van der Waals surface area contributed by atoms with Crippen LogP contribution in [0.4, 0.5) is 0 Å². The van der Waals surface area contributed by atoms with Crippen LogP contribution in [0.1, 0.15) is 32.7 Å². The molecule has 0 heterocycles. The summed E-state index contributed by atoms with van der Waals surface area (Å²) in [5.74, 6) is -1.53. The van der Waals surface area contributed by atoms with Gasteiger partial charge in [-0.2, -0.15) is 0 Å². The fourth-order valence-corrected chi connectivity index (χ4v) is 2.23. The lowest BCUT2D eigenvalue weighted by Gasteiger charge is -2.07. The van der Waals surface area contributed by atoms with Gasteiger partial charge < -0.3 is 15.7 Å². The van der Waals surface area contributed by atoms with Crippen molar-refractivity contribution in [2.45, 2.75) is 6.42 Å². The number of nitrogens with one attached hydrogen (secondary N) is 2. The van der Waals surface area contributed by atoms with Gasteiger partial charge in [0.2, 0.25) is 0 Å². The molecule has 0 aliphatic rings. The highest BCUT2D eigenvalue weighted by atomic mass is 16.3. The molecule has 0 saturated carbocycles. The summed E-state index contributed by atoms with van der Waals surface area (Å²) in [4.78, 5) is 35.5. The minimum absolute atomic E-state index is 0.0984. The van der Waals surface area contributed by atoms with Gasteiger partial charge in [-0.05, 0) is 18.6 Å². The second-order valence-electron chi connectivity index (χ2n) is 5.58. The molecule has 134 valence electrons. The molecule has 0 aliphatic carbocycles. The van der Waals surface area contributed by atoms with Crippen LogP contribution in [0, 0.1) is 0 Å². The standard InChI is InChI=1S/C20H20N2O4/c1-14(23)19(25)21-12-5-13-22-20(26)17-10-8-16(9-11-17)18(24)15-6-3-2-4-7-15/h2-4,6-11,23H,1,5,12-13H2,(H,21,25)(H,22,26). The van der Waals surface area contributed by atoms with E-state index in [-0.39, 0.29) is 11.7 Å². The van der Waals surface area contributed by atoms with Gasteiger partial charge in [0.05, 0.1) is 0 Å². The van der Waals surface area contributed by atoms with Crippen LogP contribution >= 0.6 is 0 Å². The number of carbonyl (C=O) groups is 3. The maximum atomic E-state index is 12.3. The second kappa shape index (κ2) is 9.17. The summed E-state index contributed by atoms with van der Waals surface area (Å²) < 4.78 is 0. The summed E-state index contributed by atoms with van der Waals surface area (Å²) in [7, 11) is 0.